The summed E-state index contributed by atoms with van der Waals surface area (Å²) in [6.07, 6.45) is 2.74. The third kappa shape index (κ3) is 1.03. The second kappa shape index (κ2) is 2.69. The first-order valence-electron chi connectivity index (χ1n) is 4.22. The lowest BCUT2D eigenvalue weighted by atomic mass is 9.91. The number of carboxylic acids is 1. The Morgan fingerprint density at radius 2 is 2.33 bits per heavy atom. The zero-order valence-electron chi connectivity index (χ0n) is 6.76. The molecule has 0 bridgehead atoms. The molecule has 1 aliphatic carbocycles. The van der Waals surface area contributed by atoms with Crippen LogP contribution in [0, 0.1) is 5.92 Å². The average molecular weight is 168 g/mol. The molecule has 0 unspecified atom stereocenters. The van der Waals surface area contributed by atoms with Gasteiger partial charge in [0.05, 0.1) is 12.6 Å². The van der Waals surface area contributed by atoms with Gasteiger partial charge in [-0.3, -0.25) is 4.79 Å². The van der Waals surface area contributed by atoms with Crippen LogP contribution < -0.4 is 10.6 Å². The normalized spacial score (nSPS) is 27.5. The Kier molecular flexibility index (Phi) is 1.67. The summed E-state index contributed by atoms with van der Waals surface area (Å²) in [5.74, 6) is -1.01. The van der Waals surface area contributed by atoms with Crippen LogP contribution in [0.15, 0.2) is 11.4 Å². The van der Waals surface area contributed by atoms with Gasteiger partial charge in [-0.05, 0) is 19.3 Å². The summed E-state index contributed by atoms with van der Waals surface area (Å²) < 4.78 is 0. The van der Waals surface area contributed by atoms with Gasteiger partial charge < -0.3 is 15.7 Å². The van der Waals surface area contributed by atoms with Gasteiger partial charge >= 0.3 is 5.97 Å². The molecule has 1 heterocycles. The fourth-order valence-electron chi connectivity index (χ4n) is 1.88. The van der Waals surface area contributed by atoms with Crippen LogP contribution in [0.25, 0.3) is 0 Å². The van der Waals surface area contributed by atoms with E-state index in [1.54, 1.807) is 0 Å². The maximum absolute atomic E-state index is 10.8. The maximum atomic E-state index is 10.8. The van der Waals surface area contributed by atoms with Crippen molar-refractivity contribution in [3.63, 3.8) is 0 Å². The van der Waals surface area contributed by atoms with E-state index >= 15 is 0 Å². The van der Waals surface area contributed by atoms with E-state index in [4.69, 9.17) is 5.11 Å². The summed E-state index contributed by atoms with van der Waals surface area (Å²) >= 11 is 0. The molecule has 0 saturated carbocycles. The van der Waals surface area contributed by atoms with Crippen LogP contribution in [0.5, 0.6) is 0 Å². The van der Waals surface area contributed by atoms with Crippen molar-refractivity contribution < 1.29 is 9.90 Å². The molecule has 0 aromatic rings. The van der Waals surface area contributed by atoms with Crippen molar-refractivity contribution in [1.29, 1.82) is 0 Å². The fraction of sp³-hybridized carbons (Fsp3) is 0.625. The highest BCUT2D eigenvalue weighted by molar-refractivity contribution is 5.74. The summed E-state index contributed by atoms with van der Waals surface area (Å²) in [6, 6.07) is 0. The van der Waals surface area contributed by atoms with Gasteiger partial charge in [0.25, 0.3) is 0 Å². The predicted octanol–water partition coefficient (Wildman–Crippen LogP) is 0.233. The topological polar surface area (TPSA) is 61.4 Å². The van der Waals surface area contributed by atoms with E-state index in [1.807, 2.05) is 0 Å². The van der Waals surface area contributed by atoms with Crippen molar-refractivity contribution >= 4 is 5.97 Å². The maximum Gasteiger partial charge on any atom is 0.312 e. The Morgan fingerprint density at radius 1 is 1.50 bits per heavy atom. The predicted molar refractivity (Wildman–Crippen MR) is 43.1 cm³/mol. The van der Waals surface area contributed by atoms with Crippen molar-refractivity contribution in [3.05, 3.63) is 11.4 Å². The van der Waals surface area contributed by atoms with Gasteiger partial charge in [0, 0.05) is 11.4 Å². The molecule has 0 spiro atoms. The largest absolute Gasteiger partial charge is 0.481 e. The minimum Gasteiger partial charge on any atom is -0.481 e. The lowest BCUT2D eigenvalue weighted by molar-refractivity contribution is -0.140. The molecule has 0 amide bonds. The first-order chi connectivity index (χ1) is 5.79. The van der Waals surface area contributed by atoms with Crippen molar-refractivity contribution in [2.75, 3.05) is 6.67 Å². The lowest BCUT2D eigenvalue weighted by Gasteiger charge is -2.19. The molecule has 1 atom stereocenters. The Bertz CT molecular complexity index is 247. The van der Waals surface area contributed by atoms with Crippen LogP contribution in [0.4, 0.5) is 0 Å². The molecule has 2 rings (SSSR count). The standard InChI is InChI=1S/C8H12N2O2/c11-8(12)5-2-1-3-6-7(5)10-4-9-6/h5,9-10H,1-4H2,(H,11,12)/t5-/m0/s1. The van der Waals surface area contributed by atoms with E-state index in [0.29, 0.717) is 6.67 Å². The summed E-state index contributed by atoms with van der Waals surface area (Å²) in [5, 5.41) is 15.1. The molecule has 0 aromatic heterocycles. The van der Waals surface area contributed by atoms with Crippen LogP contribution in [-0.4, -0.2) is 17.7 Å². The quantitative estimate of drug-likeness (QED) is 0.524. The first kappa shape index (κ1) is 7.46. The van der Waals surface area contributed by atoms with Crippen molar-refractivity contribution in [3.8, 4) is 0 Å². The highest BCUT2D eigenvalue weighted by Gasteiger charge is 2.30. The molecule has 12 heavy (non-hydrogen) atoms. The highest BCUT2D eigenvalue weighted by atomic mass is 16.4. The number of allylic oxidation sites excluding steroid dienone is 1. The molecule has 1 aliphatic heterocycles. The van der Waals surface area contributed by atoms with E-state index in [0.717, 1.165) is 30.7 Å². The Labute approximate surface area is 70.6 Å². The summed E-state index contributed by atoms with van der Waals surface area (Å²) in [6.45, 7) is 0.689. The molecule has 0 radical (unpaired) electrons. The molecule has 0 saturated heterocycles. The van der Waals surface area contributed by atoms with E-state index in [9.17, 15) is 4.79 Å². The minimum atomic E-state index is -0.710. The first-order valence-corrected chi connectivity index (χ1v) is 4.22. The van der Waals surface area contributed by atoms with E-state index in [-0.39, 0.29) is 5.92 Å². The second-order valence-electron chi connectivity index (χ2n) is 3.21. The van der Waals surface area contributed by atoms with Crippen LogP contribution in [0.1, 0.15) is 19.3 Å². The monoisotopic (exact) mass is 168 g/mol. The van der Waals surface area contributed by atoms with Crippen LogP contribution in [0.3, 0.4) is 0 Å². The lowest BCUT2D eigenvalue weighted by Crippen LogP contribution is -2.25. The molecule has 66 valence electrons. The van der Waals surface area contributed by atoms with E-state index < -0.39 is 5.97 Å². The van der Waals surface area contributed by atoms with Gasteiger partial charge in [-0.2, -0.15) is 0 Å². The molecule has 2 aliphatic rings. The summed E-state index contributed by atoms with van der Waals surface area (Å²) in [5.41, 5.74) is 2.02. The van der Waals surface area contributed by atoms with Gasteiger partial charge in [-0.25, -0.2) is 0 Å². The molecule has 4 heteroatoms. The molecular weight excluding hydrogens is 156 g/mol. The fourth-order valence-corrected chi connectivity index (χ4v) is 1.88. The molecular formula is C8H12N2O2. The number of hydrogen-bond donors (Lipinski definition) is 3. The smallest absolute Gasteiger partial charge is 0.312 e. The SMILES string of the molecule is O=C(O)[C@H]1CCCC2=C1NCN2. The Balaban J connectivity index is 2.24. The number of rotatable bonds is 1. The zero-order chi connectivity index (χ0) is 8.55. The third-order valence-corrected chi connectivity index (χ3v) is 2.47. The van der Waals surface area contributed by atoms with Gasteiger partial charge in [-0.1, -0.05) is 0 Å². The van der Waals surface area contributed by atoms with Crippen LogP contribution >= 0.6 is 0 Å². The van der Waals surface area contributed by atoms with E-state index in [2.05, 4.69) is 10.6 Å². The minimum absolute atomic E-state index is 0.302. The average Bonchev–Trinajstić information content (AvgIpc) is 2.49. The van der Waals surface area contributed by atoms with Crippen molar-refractivity contribution in [1.82, 2.24) is 10.6 Å². The number of carbonyl (C=O) groups is 1. The third-order valence-electron chi connectivity index (χ3n) is 2.47. The van der Waals surface area contributed by atoms with Gasteiger partial charge in [-0.15, -0.1) is 0 Å². The van der Waals surface area contributed by atoms with Crippen LogP contribution in [0.2, 0.25) is 0 Å². The zero-order valence-corrected chi connectivity index (χ0v) is 6.76. The van der Waals surface area contributed by atoms with Gasteiger partial charge in [0.2, 0.25) is 0 Å². The Morgan fingerprint density at radius 3 is 3.08 bits per heavy atom. The molecule has 0 fully saturated rings. The number of nitrogens with one attached hydrogen (secondary N) is 2. The van der Waals surface area contributed by atoms with Gasteiger partial charge in [0.15, 0.2) is 0 Å². The number of hydrogen-bond acceptors (Lipinski definition) is 3. The number of aliphatic carboxylic acids is 1. The molecule has 0 aromatic carbocycles. The van der Waals surface area contributed by atoms with Gasteiger partial charge in [0.1, 0.15) is 0 Å². The highest BCUT2D eigenvalue weighted by Crippen LogP contribution is 2.29. The number of carboxylic acid groups (broad SMARTS) is 1. The van der Waals surface area contributed by atoms with Crippen LogP contribution in [-0.2, 0) is 4.79 Å². The second-order valence-corrected chi connectivity index (χ2v) is 3.21. The molecule has 4 nitrogen and oxygen atoms in total. The Hall–Kier alpha value is -1.19. The van der Waals surface area contributed by atoms with Crippen molar-refractivity contribution in [2.45, 2.75) is 19.3 Å². The van der Waals surface area contributed by atoms with E-state index in [1.165, 1.54) is 0 Å². The summed E-state index contributed by atoms with van der Waals surface area (Å²) in [4.78, 5) is 10.8. The van der Waals surface area contributed by atoms with Crippen molar-refractivity contribution in [2.24, 2.45) is 5.92 Å². The molecule has 3 N–H and O–H groups in total. The summed E-state index contributed by atoms with van der Waals surface area (Å²) in [7, 11) is 0.